The van der Waals surface area contributed by atoms with Crippen LogP contribution in [0.3, 0.4) is 0 Å². The van der Waals surface area contributed by atoms with Crippen LogP contribution in [-0.2, 0) is 14.3 Å². The summed E-state index contributed by atoms with van der Waals surface area (Å²) in [6.07, 6.45) is 2.62. The zero-order valence-corrected chi connectivity index (χ0v) is 9.96. The van der Waals surface area contributed by atoms with E-state index in [9.17, 15) is 9.59 Å². The first-order valence-electron chi connectivity index (χ1n) is 5.33. The van der Waals surface area contributed by atoms with Crippen molar-refractivity contribution in [1.29, 1.82) is 0 Å². The lowest BCUT2D eigenvalue weighted by Gasteiger charge is -2.08. The lowest BCUT2D eigenvalue weighted by Crippen LogP contribution is -2.07. The van der Waals surface area contributed by atoms with Gasteiger partial charge in [0.25, 0.3) is 0 Å². The van der Waals surface area contributed by atoms with Gasteiger partial charge in [-0.1, -0.05) is 18.2 Å². The quantitative estimate of drug-likeness (QED) is 0.614. The number of hydrogen-bond donors (Lipinski definition) is 1. The molecule has 0 amide bonds. The van der Waals surface area contributed by atoms with Gasteiger partial charge in [-0.3, -0.25) is 4.79 Å². The van der Waals surface area contributed by atoms with Gasteiger partial charge in [0.2, 0.25) is 0 Å². The molecule has 5 nitrogen and oxygen atoms in total. The maximum atomic E-state index is 10.9. The molecule has 96 valence electrons. The number of carboxylic acids is 1. The number of esters is 1. The Balaban J connectivity index is 2.64. The van der Waals surface area contributed by atoms with E-state index in [0.29, 0.717) is 11.3 Å². The molecule has 1 aromatic rings. The zero-order valence-electron chi connectivity index (χ0n) is 9.96. The number of carboxylic acid groups (broad SMARTS) is 1. The Labute approximate surface area is 105 Å². The van der Waals surface area contributed by atoms with Gasteiger partial charge in [-0.25, -0.2) is 4.79 Å². The summed E-state index contributed by atoms with van der Waals surface area (Å²) in [6, 6.07) is 6.98. The van der Waals surface area contributed by atoms with E-state index in [1.807, 2.05) is 0 Å². The van der Waals surface area contributed by atoms with Crippen molar-refractivity contribution in [2.45, 2.75) is 6.42 Å². The Bertz CT molecular complexity index is 450. The van der Waals surface area contributed by atoms with Crippen LogP contribution in [0.15, 0.2) is 30.3 Å². The highest BCUT2D eigenvalue weighted by atomic mass is 16.5. The van der Waals surface area contributed by atoms with E-state index in [4.69, 9.17) is 9.84 Å². The number of rotatable bonds is 6. The first-order chi connectivity index (χ1) is 8.63. The molecule has 0 aromatic heterocycles. The normalized spacial score (nSPS) is 10.3. The van der Waals surface area contributed by atoms with E-state index in [-0.39, 0.29) is 19.0 Å². The summed E-state index contributed by atoms with van der Waals surface area (Å²) in [5, 5.41) is 8.56. The number of carbonyl (C=O) groups is 2. The molecule has 0 aliphatic heterocycles. The fourth-order valence-electron chi connectivity index (χ4n) is 1.26. The second-order valence-corrected chi connectivity index (χ2v) is 3.38. The van der Waals surface area contributed by atoms with E-state index in [1.54, 1.807) is 24.3 Å². The van der Waals surface area contributed by atoms with E-state index >= 15 is 0 Å². The van der Waals surface area contributed by atoms with Gasteiger partial charge < -0.3 is 14.6 Å². The molecule has 0 aliphatic rings. The van der Waals surface area contributed by atoms with Crippen molar-refractivity contribution in [3.8, 4) is 5.75 Å². The lowest BCUT2D eigenvalue weighted by molar-refractivity contribution is -0.141. The van der Waals surface area contributed by atoms with E-state index in [1.165, 1.54) is 13.2 Å². The SMILES string of the molecule is COC(=O)CCOc1ccccc1C=CC(=O)O. The largest absolute Gasteiger partial charge is 0.492 e. The Morgan fingerprint density at radius 3 is 2.72 bits per heavy atom. The Hall–Kier alpha value is -2.30. The highest BCUT2D eigenvalue weighted by Crippen LogP contribution is 2.19. The summed E-state index contributed by atoms with van der Waals surface area (Å²) >= 11 is 0. The van der Waals surface area contributed by atoms with Crippen LogP contribution in [-0.4, -0.2) is 30.8 Å². The summed E-state index contributed by atoms with van der Waals surface area (Å²) in [7, 11) is 1.31. The van der Waals surface area contributed by atoms with Crippen LogP contribution >= 0.6 is 0 Å². The molecule has 0 bridgehead atoms. The molecule has 0 unspecified atom stereocenters. The molecule has 0 radical (unpaired) electrons. The smallest absolute Gasteiger partial charge is 0.328 e. The third-order valence-electron chi connectivity index (χ3n) is 2.12. The first-order valence-corrected chi connectivity index (χ1v) is 5.33. The van der Waals surface area contributed by atoms with E-state index < -0.39 is 5.97 Å². The van der Waals surface area contributed by atoms with Gasteiger partial charge in [-0.2, -0.15) is 0 Å². The van der Waals surface area contributed by atoms with E-state index in [0.717, 1.165) is 6.08 Å². The summed E-state index contributed by atoms with van der Waals surface area (Å²) in [6.45, 7) is 0.185. The predicted octanol–water partition coefficient (Wildman–Crippen LogP) is 1.73. The van der Waals surface area contributed by atoms with Gasteiger partial charge in [-0.05, 0) is 12.1 Å². The number of methoxy groups -OCH3 is 1. The molecule has 1 N–H and O–H groups in total. The van der Waals surface area contributed by atoms with Gasteiger partial charge in [0.15, 0.2) is 0 Å². The minimum absolute atomic E-state index is 0.146. The van der Waals surface area contributed by atoms with Gasteiger partial charge in [-0.15, -0.1) is 0 Å². The number of carbonyl (C=O) groups excluding carboxylic acids is 1. The molecular formula is C13H14O5. The number of benzene rings is 1. The highest BCUT2D eigenvalue weighted by molar-refractivity contribution is 5.85. The maximum absolute atomic E-state index is 10.9. The molecular weight excluding hydrogens is 236 g/mol. The molecule has 0 spiro atoms. The molecule has 1 aromatic carbocycles. The molecule has 0 atom stereocenters. The summed E-state index contributed by atoms with van der Waals surface area (Å²) < 4.78 is 9.88. The summed E-state index contributed by atoms with van der Waals surface area (Å²) in [4.78, 5) is 21.3. The van der Waals surface area contributed by atoms with Crippen molar-refractivity contribution in [3.63, 3.8) is 0 Å². The van der Waals surface area contributed by atoms with Gasteiger partial charge >= 0.3 is 11.9 Å². The van der Waals surface area contributed by atoms with Crippen molar-refractivity contribution in [2.75, 3.05) is 13.7 Å². The van der Waals surface area contributed by atoms with Gasteiger partial charge in [0.05, 0.1) is 20.1 Å². The minimum Gasteiger partial charge on any atom is -0.492 e. The molecule has 0 heterocycles. The van der Waals surface area contributed by atoms with Crippen LogP contribution in [0, 0.1) is 0 Å². The lowest BCUT2D eigenvalue weighted by atomic mass is 10.2. The fraction of sp³-hybridized carbons (Fsp3) is 0.231. The molecule has 18 heavy (non-hydrogen) atoms. The molecule has 0 fully saturated rings. The third-order valence-corrected chi connectivity index (χ3v) is 2.12. The highest BCUT2D eigenvalue weighted by Gasteiger charge is 2.03. The molecule has 0 aliphatic carbocycles. The van der Waals surface area contributed by atoms with Crippen LogP contribution in [0.1, 0.15) is 12.0 Å². The summed E-state index contributed by atoms with van der Waals surface area (Å²) in [5.41, 5.74) is 0.643. The molecule has 0 saturated heterocycles. The fourth-order valence-corrected chi connectivity index (χ4v) is 1.26. The summed E-state index contributed by atoms with van der Waals surface area (Å²) in [5.74, 6) is -0.855. The van der Waals surface area contributed by atoms with Crippen LogP contribution in [0.4, 0.5) is 0 Å². The van der Waals surface area contributed by atoms with Crippen molar-refractivity contribution in [3.05, 3.63) is 35.9 Å². The van der Waals surface area contributed by atoms with Crippen LogP contribution in [0.5, 0.6) is 5.75 Å². The standard InChI is InChI=1S/C13H14O5/c1-17-13(16)8-9-18-11-5-3-2-4-10(11)6-7-12(14)15/h2-7H,8-9H2,1H3,(H,14,15). The monoisotopic (exact) mass is 250 g/mol. The van der Waals surface area contributed by atoms with Crippen molar-refractivity contribution in [2.24, 2.45) is 0 Å². The third kappa shape index (κ3) is 4.69. The van der Waals surface area contributed by atoms with Crippen LogP contribution < -0.4 is 4.74 Å². The van der Waals surface area contributed by atoms with Crippen molar-refractivity contribution in [1.82, 2.24) is 0 Å². The average molecular weight is 250 g/mol. The van der Waals surface area contributed by atoms with Crippen LogP contribution in [0.25, 0.3) is 6.08 Å². The van der Waals surface area contributed by atoms with Crippen molar-refractivity contribution < 1.29 is 24.2 Å². The second kappa shape index (κ2) is 7.11. The number of aliphatic carboxylic acids is 1. The number of ether oxygens (including phenoxy) is 2. The Morgan fingerprint density at radius 2 is 2.06 bits per heavy atom. The van der Waals surface area contributed by atoms with Crippen molar-refractivity contribution >= 4 is 18.0 Å². The van der Waals surface area contributed by atoms with Gasteiger partial charge in [0.1, 0.15) is 5.75 Å². The number of hydrogen-bond acceptors (Lipinski definition) is 4. The second-order valence-electron chi connectivity index (χ2n) is 3.38. The van der Waals surface area contributed by atoms with Gasteiger partial charge in [0, 0.05) is 11.6 Å². The molecule has 0 saturated carbocycles. The first kappa shape index (κ1) is 13.8. The topological polar surface area (TPSA) is 72.8 Å². The number of para-hydroxylation sites is 1. The van der Waals surface area contributed by atoms with E-state index in [2.05, 4.69) is 4.74 Å². The average Bonchev–Trinajstić information content (AvgIpc) is 2.37. The molecule has 5 heteroatoms. The molecule has 1 rings (SSSR count). The minimum atomic E-state index is -1.03. The van der Waals surface area contributed by atoms with Crippen LogP contribution in [0.2, 0.25) is 0 Å². The zero-order chi connectivity index (χ0) is 13.4. The Morgan fingerprint density at radius 1 is 1.33 bits per heavy atom. The maximum Gasteiger partial charge on any atom is 0.328 e. The predicted molar refractivity (Wildman–Crippen MR) is 65.2 cm³/mol. The Kier molecular flexibility index (Phi) is 5.44.